The molecule has 1 heterocycles. The van der Waals surface area contributed by atoms with Gasteiger partial charge in [0.25, 0.3) is 5.91 Å². The van der Waals surface area contributed by atoms with Crippen LogP contribution in [0.15, 0.2) is 24.3 Å². The molecule has 2 N–H and O–H groups in total. The Morgan fingerprint density at radius 1 is 1.25 bits per heavy atom. The van der Waals surface area contributed by atoms with E-state index in [1.54, 1.807) is 12.1 Å². The molecule has 0 aromatic heterocycles. The van der Waals surface area contributed by atoms with Gasteiger partial charge in [0.15, 0.2) is 5.11 Å². The van der Waals surface area contributed by atoms with Gasteiger partial charge >= 0.3 is 0 Å². The maximum Gasteiger partial charge on any atom is 0.253 e. The summed E-state index contributed by atoms with van der Waals surface area (Å²) in [6.45, 7) is 4.28. The molecule has 1 saturated heterocycles. The van der Waals surface area contributed by atoms with Crippen molar-refractivity contribution in [1.82, 2.24) is 15.5 Å². The van der Waals surface area contributed by atoms with Crippen molar-refractivity contribution < 1.29 is 9.53 Å². The van der Waals surface area contributed by atoms with Gasteiger partial charge in [-0.3, -0.25) is 4.79 Å². The number of hydrogen-bond donors (Lipinski definition) is 2. The quantitative estimate of drug-likeness (QED) is 0.456. The van der Waals surface area contributed by atoms with E-state index in [-0.39, 0.29) is 5.91 Å². The SMILES string of the molecule is Cc1ccccc1C(=O)N[C@@H](NC(=S)N1CCOCC1)C(Cl)(Cl)Cl. The second kappa shape index (κ2) is 8.54. The molecule has 1 atom stereocenters. The van der Waals surface area contributed by atoms with E-state index in [0.717, 1.165) is 5.56 Å². The fourth-order valence-electron chi connectivity index (χ4n) is 2.22. The highest BCUT2D eigenvalue weighted by molar-refractivity contribution is 7.80. The summed E-state index contributed by atoms with van der Waals surface area (Å²) in [6, 6.07) is 7.17. The van der Waals surface area contributed by atoms with Crippen molar-refractivity contribution in [2.45, 2.75) is 16.9 Å². The molecule has 0 saturated carbocycles. The number of nitrogens with zero attached hydrogens (tertiary/aromatic N) is 1. The molecule has 1 aromatic rings. The molecule has 0 radical (unpaired) electrons. The molecule has 0 aliphatic carbocycles. The number of nitrogens with one attached hydrogen (secondary N) is 2. The zero-order valence-corrected chi connectivity index (χ0v) is 16.1. The molecular weight excluding hydrogens is 393 g/mol. The van der Waals surface area contributed by atoms with Crippen LogP contribution >= 0.6 is 47.0 Å². The fraction of sp³-hybridized carbons (Fsp3) is 0.467. The van der Waals surface area contributed by atoms with Crippen LogP contribution in [0.2, 0.25) is 0 Å². The van der Waals surface area contributed by atoms with Crippen molar-refractivity contribution in [1.29, 1.82) is 0 Å². The number of halogens is 3. The Kier molecular flexibility index (Phi) is 6.95. The van der Waals surface area contributed by atoms with Crippen LogP contribution in [0.1, 0.15) is 15.9 Å². The van der Waals surface area contributed by atoms with E-state index >= 15 is 0 Å². The summed E-state index contributed by atoms with van der Waals surface area (Å²) < 4.78 is 3.51. The highest BCUT2D eigenvalue weighted by Gasteiger charge is 2.35. The Labute approximate surface area is 161 Å². The number of hydrogen-bond acceptors (Lipinski definition) is 3. The van der Waals surface area contributed by atoms with E-state index in [2.05, 4.69) is 10.6 Å². The summed E-state index contributed by atoms with van der Waals surface area (Å²) in [7, 11) is 0. The molecule has 1 aromatic carbocycles. The summed E-state index contributed by atoms with van der Waals surface area (Å²) >= 11 is 23.4. The van der Waals surface area contributed by atoms with Gasteiger partial charge < -0.3 is 20.3 Å². The fourth-order valence-corrected chi connectivity index (χ4v) is 2.85. The molecule has 1 amide bonds. The van der Waals surface area contributed by atoms with Gasteiger partial charge in [-0.15, -0.1) is 0 Å². The number of carbonyl (C=O) groups excluding carboxylic acids is 1. The molecule has 0 unspecified atom stereocenters. The molecular formula is C15H18Cl3N3O2S. The number of aryl methyl sites for hydroxylation is 1. The van der Waals surface area contributed by atoms with Crippen LogP contribution in [-0.4, -0.2) is 52.2 Å². The Balaban J connectivity index is 2.07. The Morgan fingerprint density at radius 3 is 2.46 bits per heavy atom. The lowest BCUT2D eigenvalue weighted by molar-refractivity contribution is 0.0671. The van der Waals surface area contributed by atoms with Crippen LogP contribution < -0.4 is 10.6 Å². The van der Waals surface area contributed by atoms with Crippen molar-refractivity contribution in [3.63, 3.8) is 0 Å². The minimum Gasteiger partial charge on any atom is -0.378 e. The van der Waals surface area contributed by atoms with Crippen molar-refractivity contribution in [3.05, 3.63) is 35.4 Å². The van der Waals surface area contributed by atoms with E-state index in [9.17, 15) is 4.79 Å². The van der Waals surface area contributed by atoms with E-state index < -0.39 is 9.96 Å². The predicted octanol–water partition coefficient (Wildman–Crippen LogP) is 2.63. The molecule has 132 valence electrons. The zero-order chi connectivity index (χ0) is 17.7. The van der Waals surface area contributed by atoms with Crippen molar-refractivity contribution in [3.8, 4) is 0 Å². The number of rotatable bonds is 3. The van der Waals surface area contributed by atoms with Crippen LogP contribution in [0.25, 0.3) is 0 Å². The van der Waals surface area contributed by atoms with Gasteiger partial charge in [0.2, 0.25) is 3.79 Å². The van der Waals surface area contributed by atoms with Crippen LogP contribution in [0, 0.1) is 6.92 Å². The first-order valence-electron chi connectivity index (χ1n) is 7.35. The van der Waals surface area contributed by atoms with Crippen LogP contribution in [0.5, 0.6) is 0 Å². The standard InChI is InChI=1S/C15H18Cl3N3O2S/c1-10-4-2-3-5-11(10)12(22)19-13(15(16,17)18)20-14(24)21-6-8-23-9-7-21/h2-5,13H,6-9H2,1H3,(H,19,22)(H,20,24)/t13-/m0/s1. The smallest absolute Gasteiger partial charge is 0.253 e. The first kappa shape index (κ1) is 19.5. The first-order valence-corrected chi connectivity index (χ1v) is 8.89. The van der Waals surface area contributed by atoms with Crippen LogP contribution in [-0.2, 0) is 4.74 Å². The summed E-state index contributed by atoms with van der Waals surface area (Å²) in [6.07, 6.45) is -0.968. The van der Waals surface area contributed by atoms with Crippen molar-refractivity contribution >= 4 is 58.0 Å². The second-order valence-electron chi connectivity index (χ2n) is 5.31. The van der Waals surface area contributed by atoms with E-state index in [1.165, 1.54) is 0 Å². The number of morpholine rings is 1. The number of amides is 1. The average Bonchev–Trinajstić information content (AvgIpc) is 2.54. The maximum absolute atomic E-state index is 12.5. The van der Waals surface area contributed by atoms with Crippen molar-refractivity contribution in [2.75, 3.05) is 26.3 Å². The Hall–Kier alpha value is -0.790. The number of carbonyl (C=O) groups is 1. The number of thiocarbonyl (C=S) groups is 1. The maximum atomic E-state index is 12.5. The molecule has 1 aliphatic rings. The first-order chi connectivity index (χ1) is 11.3. The summed E-state index contributed by atoms with van der Waals surface area (Å²) in [5.74, 6) is -0.346. The molecule has 24 heavy (non-hydrogen) atoms. The molecule has 1 aliphatic heterocycles. The lowest BCUT2D eigenvalue weighted by Crippen LogP contribution is -2.59. The monoisotopic (exact) mass is 409 g/mol. The summed E-state index contributed by atoms with van der Waals surface area (Å²) in [5.41, 5.74) is 1.34. The third-order valence-corrected chi connectivity index (χ3v) is 4.59. The largest absolute Gasteiger partial charge is 0.378 e. The van der Waals surface area contributed by atoms with E-state index in [0.29, 0.717) is 37.0 Å². The lowest BCUT2D eigenvalue weighted by atomic mass is 10.1. The molecule has 0 spiro atoms. The third-order valence-electron chi connectivity index (χ3n) is 3.56. The number of alkyl halides is 3. The van der Waals surface area contributed by atoms with Gasteiger partial charge in [-0.2, -0.15) is 0 Å². The van der Waals surface area contributed by atoms with E-state index in [4.69, 9.17) is 51.8 Å². The normalized spacial score (nSPS) is 16.4. The van der Waals surface area contributed by atoms with Crippen molar-refractivity contribution in [2.24, 2.45) is 0 Å². The summed E-state index contributed by atoms with van der Waals surface area (Å²) in [5, 5.41) is 6.02. The van der Waals surface area contributed by atoms with Gasteiger partial charge in [-0.1, -0.05) is 53.0 Å². The topological polar surface area (TPSA) is 53.6 Å². The second-order valence-corrected chi connectivity index (χ2v) is 8.07. The predicted molar refractivity (Wildman–Crippen MR) is 101 cm³/mol. The highest BCUT2D eigenvalue weighted by Crippen LogP contribution is 2.29. The average molecular weight is 411 g/mol. The van der Waals surface area contributed by atoms with Gasteiger partial charge in [-0.25, -0.2) is 0 Å². The van der Waals surface area contributed by atoms with Crippen LogP contribution in [0.3, 0.4) is 0 Å². The van der Waals surface area contributed by atoms with Gasteiger partial charge in [0.05, 0.1) is 13.2 Å². The van der Waals surface area contributed by atoms with Gasteiger partial charge in [0, 0.05) is 18.7 Å². The molecule has 0 bridgehead atoms. The minimum atomic E-state index is -1.77. The highest BCUT2D eigenvalue weighted by atomic mass is 35.6. The van der Waals surface area contributed by atoms with Gasteiger partial charge in [0.1, 0.15) is 6.17 Å². The molecule has 1 fully saturated rings. The zero-order valence-electron chi connectivity index (χ0n) is 13.0. The van der Waals surface area contributed by atoms with E-state index in [1.807, 2.05) is 24.0 Å². The Bertz CT molecular complexity index is 604. The number of ether oxygens (including phenoxy) is 1. The van der Waals surface area contributed by atoms with Gasteiger partial charge in [-0.05, 0) is 30.8 Å². The summed E-state index contributed by atoms with van der Waals surface area (Å²) in [4.78, 5) is 14.4. The molecule has 2 rings (SSSR count). The number of benzene rings is 1. The lowest BCUT2D eigenvalue weighted by Gasteiger charge is -2.34. The van der Waals surface area contributed by atoms with Crippen LogP contribution in [0.4, 0.5) is 0 Å². The third kappa shape index (κ3) is 5.36. The minimum absolute atomic E-state index is 0.346. The Morgan fingerprint density at radius 2 is 1.88 bits per heavy atom. The molecule has 5 nitrogen and oxygen atoms in total. The molecule has 9 heteroatoms.